The zero-order valence-corrected chi connectivity index (χ0v) is 15.0. The molecule has 0 spiro atoms. The van der Waals surface area contributed by atoms with Gasteiger partial charge in [-0.15, -0.1) is 0 Å². The van der Waals surface area contributed by atoms with E-state index in [2.05, 4.69) is 20.0 Å². The number of nitrogens with zero attached hydrogens (tertiary/aromatic N) is 3. The summed E-state index contributed by atoms with van der Waals surface area (Å²) < 4.78 is 11.8. The summed E-state index contributed by atoms with van der Waals surface area (Å²) in [6.45, 7) is 0. The van der Waals surface area contributed by atoms with Gasteiger partial charge in [0.15, 0.2) is 5.82 Å². The molecule has 3 rings (SSSR count). The number of hydrogen-bond donors (Lipinski definition) is 1. The lowest BCUT2D eigenvalue weighted by molar-refractivity contribution is 0.0600. The number of nitrogens with one attached hydrogen (secondary N) is 1. The van der Waals surface area contributed by atoms with Crippen molar-refractivity contribution in [1.29, 1.82) is 0 Å². The molecule has 26 heavy (non-hydrogen) atoms. The predicted molar refractivity (Wildman–Crippen MR) is 100 cm³/mol. The Morgan fingerprint density at radius 3 is 2.69 bits per heavy atom. The van der Waals surface area contributed by atoms with E-state index < -0.39 is 0 Å². The maximum Gasteiger partial charge on any atom is 0.337 e. The molecular weight excluding hydrogens is 352 g/mol. The number of benzene rings is 2. The smallest absolute Gasteiger partial charge is 0.337 e. The van der Waals surface area contributed by atoms with E-state index in [4.69, 9.17) is 17.0 Å². The van der Waals surface area contributed by atoms with Gasteiger partial charge in [-0.25, -0.2) is 9.89 Å². The van der Waals surface area contributed by atoms with E-state index >= 15 is 0 Å². The molecule has 1 aromatic heterocycles. The van der Waals surface area contributed by atoms with Gasteiger partial charge in [0.05, 0.1) is 26.0 Å². The van der Waals surface area contributed by atoms with Crippen LogP contribution in [0.3, 0.4) is 0 Å². The zero-order chi connectivity index (χ0) is 18.5. The highest BCUT2D eigenvalue weighted by atomic mass is 32.1. The van der Waals surface area contributed by atoms with Crippen molar-refractivity contribution in [3.8, 4) is 17.1 Å². The van der Waals surface area contributed by atoms with Gasteiger partial charge in [-0.3, -0.25) is 0 Å². The first-order valence-corrected chi connectivity index (χ1v) is 8.08. The van der Waals surface area contributed by atoms with E-state index in [0.29, 0.717) is 21.9 Å². The van der Waals surface area contributed by atoms with Crippen LogP contribution in [0.1, 0.15) is 15.9 Å². The molecule has 0 aliphatic heterocycles. The average Bonchev–Trinajstić information content (AvgIpc) is 3.06. The Kier molecular flexibility index (Phi) is 5.23. The van der Waals surface area contributed by atoms with Crippen molar-refractivity contribution in [3.05, 3.63) is 64.4 Å². The fraction of sp³-hybridized carbons (Fsp3) is 0.111. The highest BCUT2D eigenvalue weighted by Gasteiger charge is 2.09. The first kappa shape index (κ1) is 17.6. The Balaban J connectivity index is 1.90. The molecule has 0 bridgehead atoms. The molecule has 0 amide bonds. The largest absolute Gasteiger partial charge is 0.497 e. The second-order valence-electron chi connectivity index (χ2n) is 5.25. The lowest BCUT2D eigenvalue weighted by Gasteiger charge is -2.04. The molecule has 2 aromatic carbocycles. The summed E-state index contributed by atoms with van der Waals surface area (Å²) in [6, 6.07) is 14.3. The molecule has 132 valence electrons. The lowest BCUT2D eigenvalue weighted by atomic mass is 10.1. The van der Waals surface area contributed by atoms with Gasteiger partial charge < -0.3 is 9.47 Å². The summed E-state index contributed by atoms with van der Waals surface area (Å²) in [6.07, 6.45) is 1.63. The zero-order valence-electron chi connectivity index (χ0n) is 14.2. The van der Waals surface area contributed by atoms with Crippen molar-refractivity contribution in [2.75, 3.05) is 14.2 Å². The van der Waals surface area contributed by atoms with Gasteiger partial charge in [0, 0.05) is 5.56 Å². The Labute approximate surface area is 154 Å². The standard InChI is InChI=1S/C18H16N4O3S/c1-24-15-5-3-4-14(10-15)16-20-21-18(26)22(16)19-11-12-6-8-13(9-7-12)17(23)25-2/h3-11H,1-2H3,(H,21,26)/b19-11+. The molecule has 0 unspecified atom stereocenters. The second kappa shape index (κ2) is 7.75. The number of ether oxygens (including phenoxy) is 2. The quantitative estimate of drug-likeness (QED) is 0.425. The molecule has 3 aromatic rings. The molecular formula is C18H16N4O3S. The van der Waals surface area contributed by atoms with E-state index in [-0.39, 0.29) is 5.97 Å². The molecule has 0 atom stereocenters. The first-order chi connectivity index (χ1) is 12.6. The molecule has 0 aliphatic carbocycles. The maximum atomic E-state index is 11.5. The molecule has 0 radical (unpaired) electrons. The van der Waals surface area contributed by atoms with E-state index in [1.165, 1.54) is 11.8 Å². The third-order valence-electron chi connectivity index (χ3n) is 3.63. The van der Waals surface area contributed by atoms with Crippen LogP contribution in [0.15, 0.2) is 53.6 Å². The maximum absolute atomic E-state index is 11.5. The van der Waals surface area contributed by atoms with Crippen molar-refractivity contribution in [2.24, 2.45) is 5.10 Å². The molecule has 0 saturated heterocycles. The topological polar surface area (TPSA) is 81.5 Å². The van der Waals surface area contributed by atoms with Crippen LogP contribution in [0.2, 0.25) is 0 Å². The van der Waals surface area contributed by atoms with Gasteiger partial charge in [-0.05, 0) is 42.0 Å². The number of hydrogen-bond acceptors (Lipinski definition) is 6. The second-order valence-corrected chi connectivity index (χ2v) is 5.64. The lowest BCUT2D eigenvalue weighted by Crippen LogP contribution is -2.01. The number of rotatable bonds is 5. The predicted octanol–water partition coefficient (Wildman–Crippen LogP) is 3.29. The molecule has 8 heteroatoms. The Bertz CT molecular complexity index is 1010. The van der Waals surface area contributed by atoms with Crippen molar-refractivity contribution in [2.45, 2.75) is 0 Å². The van der Waals surface area contributed by atoms with Gasteiger partial charge in [0.25, 0.3) is 0 Å². The van der Waals surface area contributed by atoms with Crippen LogP contribution >= 0.6 is 12.2 Å². The highest BCUT2D eigenvalue weighted by Crippen LogP contribution is 2.22. The summed E-state index contributed by atoms with van der Waals surface area (Å²) in [5, 5.41) is 11.4. The fourth-order valence-corrected chi connectivity index (χ4v) is 2.47. The summed E-state index contributed by atoms with van der Waals surface area (Å²) in [5.41, 5.74) is 2.09. The third kappa shape index (κ3) is 3.70. The number of methoxy groups -OCH3 is 2. The van der Waals surface area contributed by atoms with Crippen LogP contribution in [0, 0.1) is 4.77 Å². The minimum Gasteiger partial charge on any atom is -0.497 e. The monoisotopic (exact) mass is 368 g/mol. The van der Waals surface area contributed by atoms with Gasteiger partial charge in [-0.1, -0.05) is 24.3 Å². The van der Waals surface area contributed by atoms with Crippen molar-refractivity contribution in [1.82, 2.24) is 14.9 Å². The Morgan fingerprint density at radius 1 is 1.23 bits per heavy atom. The van der Waals surface area contributed by atoms with Crippen LogP contribution in [-0.2, 0) is 4.74 Å². The third-order valence-corrected chi connectivity index (χ3v) is 3.90. The number of carbonyl (C=O) groups excluding carboxylic acids is 1. The summed E-state index contributed by atoms with van der Waals surface area (Å²) in [5.74, 6) is 0.896. The minimum absolute atomic E-state index is 0.366. The van der Waals surface area contributed by atoms with Crippen molar-refractivity contribution >= 4 is 24.4 Å². The average molecular weight is 368 g/mol. The van der Waals surface area contributed by atoms with Crippen LogP contribution in [-0.4, -0.2) is 41.3 Å². The fourth-order valence-electron chi connectivity index (χ4n) is 2.30. The van der Waals surface area contributed by atoms with Gasteiger partial charge in [0.1, 0.15) is 5.75 Å². The van der Waals surface area contributed by atoms with Crippen LogP contribution < -0.4 is 4.74 Å². The Hall–Kier alpha value is -3.26. The van der Waals surface area contributed by atoms with Gasteiger partial charge in [-0.2, -0.15) is 14.9 Å². The van der Waals surface area contributed by atoms with E-state index in [9.17, 15) is 4.79 Å². The molecule has 0 aliphatic rings. The van der Waals surface area contributed by atoms with E-state index in [1.54, 1.807) is 37.6 Å². The summed E-state index contributed by atoms with van der Waals surface area (Å²) in [7, 11) is 2.95. The number of aromatic nitrogens is 3. The van der Waals surface area contributed by atoms with Crippen LogP contribution in [0.4, 0.5) is 0 Å². The minimum atomic E-state index is -0.383. The van der Waals surface area contributed by atoms with E-state index in [1.807, 2.05) is 24.3 Å². The SMILES string of the molecule is COC(=O)c1ccc(/C=N/n2c(-c3cccc(OC)c3)n[nH]c2=S)cc1. The Morgan fingerprint density at radius 2 is 2.00 bits per heavy atom. The molecule has 1 N–H and O–H groups in total. The van der Waals surface area contributed by atoms with E-state index in [0.717, 1.165) is 11.1 Å². The molecule has 1 heterocycles. The summed E-state index contributed by atoms with van der Waals surface area (Å²) in [4.78, 5) is 11.5. The highest BCUT2D eigenvalue weighted by molar-refractivity contribution is 7.71. The van der Waals surface area contributed by atoms with Gasteiger partial charge in [0.2, 0.25) is 4.77 Å². The first-order valence-electron chi connectivity index (χ1n) is 7.67. The summed E-state index contributed by atoms with van der Waals surface area (Å²) >= 11 is 5.26. The van der Waals surface area contributed by atoms with Crippen LogP contribution in [0.25, 0.3) is 11.4 Å². The van der Waals surface area contributed by atoms with Crippen molar-refractivity contribution < 1.29 is 14.3 Å². The molecule has 7 nitrogen and oxygen atoms in total. The number of H-pyrrole nitrogens is 1. The number of carbonyl (C=O) groups is 1. The molecule has 0 saturated carbocycles. The van der Waals surface area contributed by atoms with Crippen LogP contribution in [0.5, 0.6) is 5.75 Å². The molecule has 0 fully saturated rings. The number of aromatic amines is 1. The van der Waals surface area contributed by atoms with Gasteiger partial charge >= 0.3 is 5.97 Å². The normalized spacial score (nSPS) is 10.8. The number of esters is 1. The van der Waals surface area contributed by atoms with Crippen molar-refractivity contribution in [3.63, 3.8) is 0 Å².